The molecule has 3 unspecified atom stereocenters. The topological polar surface area (TPSA) is 15.3 Å². The van der Waals surface area contributed by atoms with Gasteiger partial charge >= 0.3 is 0 Å². The van der Waals surface area contributed by atoms with E-state index in [1.165, 1.54) is 38.8 Å². The minimum absolute atomic E-state index is 0.758. The molecule has 3 atom stereocenters. The van der Waals surface area contributed by atoms with Crippen molar-refractivity contribution in [2.75, 3.05) is 19.6 Å². The van der Waals surface area contributed by atoms with Crippen LogP contribution in [0.4, 0.5) is 0 Å². The van der Waals surface area contributed by atoms with Gasteiger partial charge in [0, 0.05) is 12.1 Å². The normalized spacial score (nSPS) is 27.7. The van der Waals surface area contributed by atoms with Crippen LogP contribution in [0.25, 0.3) is 0 Å². The molecule has 0 aliphatic carbocycles. The molecule has 108 valence electrons. The Kier molecular flexibility index (Phi) is 7.25. The van der Waals surface area contributed by atoms with E-state index in [2.05, 4.69) is 44.8 Å². The molecule has 0 radical (unpaired) electrons. The van der Waals surface area contributed by atoms with Crippen molar-refractivity contribution in [3.05, 3.63) is 0 Å². The van der Waals surface area contributed by atoms with Crippen molar-refractivity contribution >= 4 is 0 Å². The van der Waals surface area contributed by atoms with Crippen LogP contribution in [-0.4, -0.2) is 36.6 Å². The first-order valence-electron chi connectivity index (χ1n) is 7.97. The maximum atomic E-state index is 3.54. The molecule has 0 spiro atoms. The molecule has 1 rings (SSSR count). The highest BCUT2D eigenvalue weighted by molar-refractivity contribution is 4.80. The number of hydrogen-bond donors (Lipinski definition) is 1. The highest BCUT2D eigenvalue weighted by Gasteiger charge is 2.25. The van der Waals surface area contributed by atoms with Crippen LogP contribution < -0.4 is 5.32 Å². The first-order chi connectivity index (χ1) is 8.50. The van der Waals surface area contributed by atoms with Crippen molar-refractivity contribution in [2.24, 2.45) is 11.8 Å². The Morgan fingerprint density at radius 1 is 1.22 bits per heavy atom. The largest absolute Gasteiger partial charge is 0.316 e. The van der Waals surface area contributed by atoms with Gasteiger partial charge in [0.2, 0.25) is 0 Å². The predicted octanol–water partition coefficient (Wildman–Crippen LogP) is 3.52. The maximum absolute atomic E-state index is 3.54. The fourth-order valence-electron chi connectivity index (χ4n) is 3.16. The molecule has 2 nitrogen and oxygen atoms in total. The van der Waals surface area contributed by atoms with Crippen LogP contribution in [-0.2, 0) is 0 Å². The summed E-state index contributed by atoms with van der Waals surface area (Å²) in [7, 11) is 0. The standard InChI is InChI=1S/C16H34N2/c1-13(2)12-17-9-6-7-15(4)18-10-8-14(3)11-16(18)5/h13-17H,6-12H2,1-5H3. The van der Waals surface area contributed by atoms with Gasteiger partial charge in [0.1, 0.15) is 0 Å². The van der Waals surface area contributed by atoms with E-state index < -0.39 is 0 Å². The zero-order valence-corrected chi connectivity index (χ0v) is 13.2. The average molecular weight is 254 g/mol. The second-order valence-electron chi connectivity index (χ2n) is 6.81. The average Bonchev–Trinajstić information content (AvgIpc) is 2.27. The fourth-order valence-corrected chi connectivity index (χ4v) is 3.16. The molecule has 0 bridgehead atoms. The molecule has 0 amide bonds. The van der Waals surface area contributed by atoms with E-state index in [1.807, 2.05) is 0 Å². The van der Waals surface area contributed by atoms with Gasteiger partial charge in [-0.25, -0.2) is 0 Å². The van der Waals surface area contributed by atoms with Gasteiger partial charge < -0.3 is 5.32 Å². The van der Waals surface area contributed by atoms with Crippen molar-refractivity contribution in [1.82, 2.24) is 10.2 Å². The zero-order valence-electron chi connectivity index (χ0n) is 13.2. The van der Waals surface area contributed by atoms with Crippen molar-refractivity contribution in [1.29, 1.82) is 0 Å². The zero-order chi connectivity index (χ0) is 13.5. The van der Waals surface area contributed by atoms with Gasteiger partial charge in [-0.1, -0.05) is 20.8 Å². The monoisotopic (exact) mass is 254 g/mol. The van der Waals surface area contributed by atoms with Crippen molar-refractivity contribution in [3.8, 4) is 0 Å². The molecule has 2 heteroatoms. The summed E-state index contributed by atoms with van der Waals surface area (Å²) in [6.07, 6.45) is 5.42. The van der Waals surface area contributed by atoms with Gasteiger partial charge in [-0.05, 0) is 71.0 Å². The van der Waals surface area contributed by atoms with Crippen LogP contribution in [0.3, 0.4) is 0 Å². The lowest BCUT2D eigenvalue weighted by molar-refractivity contribution is 0.0844. The molecule has 0 saturated carbocycles. The van der Waals surface area contributed by atoms with Gasteiger partial charge in [-0.2, -0.15) is 0 Å². The first kappa shape index (κ1) is 16.0. The molecular formula is C16H34N2. The molecule has 1 aliphatic heterocycles. The summed E-state index contributed by atoms with van der Waals surface area (Å²) < 4.78 is 0. The molecule has 0 aromatic carbocycles. The summed E-state index contributed by atoms with van der Waals surface area (Å²) in [5, 5.41) is 3.54. The summed E-state index contributed by atoms with van der Waals surface area (Å²) in [4.78, 5) is 2.72. The predicted molar refractivity (Wildman–Crippen MR) is 81.0 cm³/mol. The molecule has 18 heavy (non-hydrogen) atoms. The summed E-state index contributed by atoms with van der Waals surface area (Å²) >= 11 is 0. The second kappa shape index (κ2) is 8.16. The van der Waals surface area contributed by atoms with Crippen LogP contribution in [0.1, 0.15) is 60.3 Å². The van der Waals surface area contributed by atoms with Crippen LogP contribution in [0.5, 0.6) is 0 Å². The van der Waals surface area contributed by atoms with Crippen LogP contribution in [0.15, 0.2) is 0 Å². The maximum Gasteiger partial charge on any atom is 0.00722 e. The third-order valence-electron chi connectivity index (χ3n) is 4.28. The van der Waals surface area contributed by atoms with E-state index >= 15 is 0 Å². The number of nitrogens with one attached hydrogen (secondary N) is 1. The lowest BCUT2D eigenvalue weighted by Gasteiger charge is -2.40. The summed E-state index contributed by atoms with van der Waals surface area (Å²) in [5.41, 5.74) is 0. The molecule has 0 aromatic heterocycles. The van der Waals surface area contributed by atoms with Crippen molar-refractivity contribution in [2.45, 2.75) is 72.4 Å². The van der Waals surface area contributed by atoms with Crippen molar-refractivity contribution in [3.63, 3.8) is 0 Å². The van der Waals surface area contributed by atoms with E-state index in [-0.39, 0.29) is 0 Å². The third kappa shape index (κ3) is 5.71. The third-order valence-corrected chi connectivity index (χ3v) is 4.28. The van der Waals surface area contributed by atoms with E-state index in [0.717, 1.165) is 30.5 Å². The van der Waals surface area contributed by atoms with Crippen LogP contribution in [0.2, 0.25) is 0 Å². The Morgan fingerprint density at radius 3 is 2.56 bits per heavy atom. The number of nitrogens with zero attached hydrogens (tertiary/aromatic N) is 1. The summed E-state index contributed by atoms with van der Waals surface area (Å²) in [6.45, 7) is 15.4. The highest BCUT2D eigenvalue weighted by Crippen LogP contribution is 2.25. The van der Waals surface area contributed by atoms with Gasteiger partial charge in [0.25, 0.3) is 0 Å². The quantitative estimate of drug-likeness (QED) is 0.699. The van der Waals surface area contributed by atoms with Crippen LogP contribution in [0, 0.1) is 11.8 Å². The number of rotatable bonds is 7. The van der Waals surface area contributed by atoms with E-state index in [1.54, 1.807) is 0 Å². The van der Waals surface area contributed by atoms with Crippen molar-refractivity contribution < 1.29 is 0 Å². The Hall–Kier alpha value is -0.0800. The first-order valence-corrected chi connectivity index (χ1v) is 7.97. The van der Waals surface area contributed by atoms with E-state index in [0.29, 0.717) is 0 Å². The second-order valence-corrected chi connectivity index (χ2v) is 6.81. The fraction of sp³-hybridized carbons (Fsp3) is 1.00. The summed E-state index contributed by atoms with van der Waals surface area (Å²) in [6, 6.07) is 1.54. The Morgan fingerprint density at radius 2 is 1.94 bits per heavy atom. The number of piperidine rings is 1. The minimum Gasteiger partial charge on any atom is -0.316 e. The van der Waals surface area contributed by atoms with E-state index in [4.69, 9.17) is 0 Å². The molecule has 1 saturated heterocycles. The molecule has 1 N–H and O–H groups in total. The van der Waals surface area contributed by atoms with Gasteiger partial charge in [0.15, 0.2) is 0 Å². The van der Waals surface area contributed by atoms with E-state index in [9.17, 15) is 0 Å². The van der Waals surface area contributed by atoms with Gasteiger partial charge in [0.05, 0.1) is 0 Å². The minimum atomic E-state index is 0.758. The highest BCUT2D eigenvalue weighted by atomic mass is 15.2. The SMILES string of the molecule is CC(C)CNCCCC(C)N1CCC(C)CC1C. The Balaban J connectivity index is 2.14. The van der Waals surface area contributed by atoms with Crippen LogP contribution >= 0.6 is 0 Å². The molecule has 1 aliphatic rings. The number of hydrogen-bond acceptors (Lipinski definition) is 2. The lowest BCUT2D eigenvalue weighted by atomic mass is 9.91. The molecule has 1 heterocycles. The molecule has 1 fully saturated rings. The summed E-state index contributed by atoms with van der Waals surface area (Å²) in [5.74, 6) is 1.70. The smallest absolute Gasteiger partial charge is 0.00722 e. The Bertz CT molecular complexity index is 215. The van der Waals surface area contributed by atoms with Gasteiger partial charge in [-0.3, -0.25) is 4.90 Å². The number of likely N-dealkylation sites (tertiary alicyclic amines) is 1. The lowest BCUT2D eigenvalue weighted by Crippen LogP contribution is -2.45. The molecular weight excluding hydrogens is 220 g/mol. The van der Waals surface area contributed by atoms with Gasteiger partial charge in [-0.15, -0.1) is 0 Å². The Labute approximate surface area is 115 Å². The molecule has 0 aromatic rings.